The van der Waals surface area contributed by atoms with Crippen LogP contribution in [0.15, 0.2) is 18.2 Å². The summed E-state index contributed by atoms with van der Waals surface area (Å²) in [6, 6.07) is 5.57. The number of nitrogens with zero attached hydrogens (tertiary/aromatic N) is 1. The largest absolute Gasteiger partial charge is 0.377 e. The molecule has 1 saturated carbocycles. The van der Waals surface area contributed by atoms with E-state index >= 15 is 0 Å². The Morgan fingerprint density at radius 3 is 2.79 bits per heavy atom. The van der Waals surface area contributed by atoms with Crippen LogP contribution >= 0.6 is 0 Å². The van der Waals surface area contributed by atoms with Gasteiger partial charge in [-0.2, -0.15) is 0 Å². The fourth-order valence-corrected chi connectivity index (χ4v) is 3.02. The molecular weight excluding hydrogens is 240 g/mol. The number of rotatable bonds is 3. The van der Waals surface area contributed by atoms with Crippen molar-refractivity contribution < 1.29 is 4.92 Å². The number of hydrogen-bond acceptors (Lipinski definition) is 3. The Morgan fingerprint density at radius 1 is 1.42 bits per heavy atom. The van der Waals surface area contributed by atoms with Crippen LogP contribution in [-0.2, 0) is 0 Å². The van der Waals surface area contributed by atoms with E-state index in [9.17, 15) is 10.1 Å². The zero-order valence-corrected chi connectivity index (χ0v) is 11.9. The summed E-state index contributed by atoms with van der Waals surface area (Å²) >= 11 is 0. The molecule has 0 heterocycles. The van der Waals surface area contributed by atoms with E-state index in [1.807, 2.05) is 13.0 Å². The number of anilines is 1. The summed E-state index contributed by atoms with van der Waals surface area (Å²) in [5, 5.41) is 14.5. The Labute approximate surface area is 114 Å². The molecule has 2 rings (SSSR count). The lowest BCUT2D eigenvalue weighted by atomic mass is 9.75. The summed E-state index contributed by atoms with van der Waals surface area (Å²) in [4.78, 5) is 10.8. The SMILES string of the molecule is Cc1cccc([N+](=O)[O-])c1NC1CCCC(C)(C)C1. The smallest absolute Gasteiger partial charge is 0.292 e. The van der Waals surface area contributed by atoms with E-state index in [1.165, 1.54) is 12.8 Å². The van der Waals surface area contributed by atoms with Gasteiger partial charge in [-0.15, -0.1) is 0 Å². The second-order valence-electron chi connectivity index (χ2n) is 6.33. The maximum absolute atomic E-state index is 11.1. The summed E-state index contributed by atoms with van der Waals surface area (Å²) in [5.41, 5.74) is 2.14. The summed E-state index contributed by atoms with van der Waals surface area (Å²) in [6.07, 6.45) is 4.58. The Balaban J connectivity index is 2.21. The van der Waals surface area contributed by atoms with Crippen LogP contribution in [0.25, 0.3) is 0 Å². The van der Waals surface area contributed by atoms with Crippen molar-refractivity contribution in [1.29, 1.82) is 0 Å². The second kappa shape index (κ2) is 5.19. The zero-order chi connectivity index (χ0) is 14.0. The van der Waals surface area contributed by atoms with Crippen molar-refractivity contribution in [2.45, 2.75) is 52.5 Å². The van der Waals surface area contributed by atoms with Gasteiger partial charge >= 0.3 is 0 Å². The minimum Gasteiger partial charge on any atom is -0.377 e. The fourth-order valence-electron chi connectivity index (χ4n) is 3.02. The average Bonchev–Trinajstić information content (AvgIpc) is 2.30. The van der Waals surface area contributed by atoms with Crippen LogP contribution in [0.4, 0.5) is 11.4 Å². The third-order valence-corrected chi connectivity index (χ3v) is 4.00. The number of nitrogens with one attached hydrogen (secondary N) is 1. The maximum atomic E-state index is 11.1. The Hall–Kier alpha value is -1.58. The quantitative estimate of drug-likeness (QED) is 0.653. The van der Waals surface area contributed by atoms with Crippen molar-refractivity contribution in [3.63, 3.8) is 0 Å². The van der Waals surface area contributed by atoms with E-state index in [-0.39, 0.29) is 10.6 Å². The van der Waals surface area contributed by atoms with Gasteiger partial charge < -0.3 is 5.32 Å². The molecule has 0 bridgehead atoms. The van der Waals surface area contributed by atoms with E-state index in [0.29, 0.717) is 17.1 Å². The molecule has 1 atom stereocenters. The van der Waals surface area contributed by atoms with Crippen molar-refractivity contribution in [2.75, 3.05) is 5.32 Å². The van der Waals surface area contributed by atoms with Gasteiger partial charge in [0.25, 0.3) is 5.69 Å². The molecule has 0 aliphatic heterocycles. The topological polar surface area (TPSA) is 55.2 Å². The van der Waals surface area contributed by atoms with E-state index in [0.717, 1.165) is 18.4 Å². The highest BCUT2D eigenvalue weighted by Crippen LogP contribution is 2.38. The normalized spacial score (nSPS) is 21.9. The van der Waals surface area contributed by atoms with Gasteiger partial charge in [0.05, 0.1) is 4.92 Å². The Bertz CT molecular complexity index is 483. The first-order valence-corrected chi connectivity index (χ1v) is 6.90. The second-order valence-corrected chi connectivity index (χ2v) is 6.33. The van der Waals surface area contributed by atoms with Crippen LogP contribution in [0.2, 0.25) is 0 Å². The van der Waals surface area contributed by atoms with Crippen molar-refractivity contribution in [2.24, 2.45) is 5.41 Å². The van der Waals surface area contributed by atoms with Gasteiger partial charge in [-0.25, -0.2) is 0 Å². The number of nitro groups is 1. The van der Waals surface area contributed by atoms with Crippen molar-refractivity contribution >= 4 is 11.4 Å². The summed E-state index contributed by atoms with van der Waals surface area (Å²) < 4.78 is 0. The molecular formula is C15H22N2O2. The van der Waals surface area contributed by atoms with Crippen molar-refractivity contribution in [1.82, 2.24) is 0 Å². The van der Waals surface area contributed by atoms with Crippen LogP contribution in [0.1, 0.15) is 45.1 Å². The highest BCUT2D eigenvalue weighted by atomic mass is 16.6. The highest BCUT2D eigenvalue weighted by molar-refractivity contribution is 5.66. The van der Waals surface area contributed by atoms with E-state index in [2.05, 4.69) is 19.2 Å². The van der Waals surface area contributed by atoms with Gasteiger partial charge in [-0.1, -0.05) is 32.4 Å². The van der Waals surface area contributed by atoms with Crippen LogP contribution < -0.4 is 5.32 Å². The standard InChI is InChI=1S/C15H22N2O2/c1-11-6-4-8-13(17(18)19)14(11)16-12-7-5-9-15(2,3)10-12/h4,6,8,12,16H,5,7,9-10H2,1-3H3. The number of para-hydroxylation sites is 1. The number of aryl methyl sites for hydroxylation is 1. The molecule has 1 aromatic carbocycles. The minimum atomic E-state index is -0.302. The van der Waals surface area contributed by atoms with Crippen LogP contribution in [-0.4, -0.2) is 11.0 Å². The first-order chi connectivity index (χ1) is 8.89. The molecule has 1 aliphatic carbocycles. The zero-order valence-electron chi connectivity index (χ0n) is 11.9. The molecule has 104 valence electrons. The van der Waals surface area contributed by atoms with Gasteiger partial charge in [0.1, 0.15) is 5.69 Å². The summed E-state index contributed by atoms with van der Waals surface area (Å²) in [6.45, 7) is 6.46. The van der Waals surface area contributed by atoms with Gasteiger partial charge in [-0.3, -0.25) is 10.1 Å². The molecule has 0 saturated heterocycles. The third-order valence-electron chi connectivity index (χ3n) is 4.00. The van der Waals surface area contributed by atoms with E-state index in [4.69, 9.17) is 0 Å². The summed E-state index contributed by atoms with van der Waals surface area (Å²) in [5.74, 6) is 0. The van der Waals surface area contributed by atoms with E-state index in [1.54, 1.807) is 12.1 Å². The highest BCUT2D eigenvalue weighted by Gasteiger charge is 2.29. The first-order valence-electron chi connectivity index (χ1n) is 6.90. The van der Waals surface area contributed by atoms with Crippen molar-refractivity contribution in [3.8, 4) is 0 Å². The van der Waals surface area contributed by atoms with Crippen LogP contribution in [0.5, 0.6) is 0 Å². The lowest BCUT2D eigenvalue weighted by Gasteiger charge is -2.36. The Morgan fingerprint density at radius 2 is 2.16 bits per heavy atom. The lowest BCUT2D eigenvalue weighted by Crippen LogP contribution is -2.32. The maximum Gasteiger partial charge on any atom is 0.292 e. The van der Waals surface area contributed by atoms with Gasteiger partial charge in [0.2, 0.25) is 0 Å². The predicted molar refractivity (Wildman–Crippen MR) is 77.5 cm³/mol. The average molecular weight is 262 g/mol. The van der Waals surface area contributed by atoms with Gasteiger partial charge in [-0.05, 0) is 37.2 Å². The molecule has 0 radical (unpaired) electrons. The van der Waals surface area contributed by atoms with E-state index < -0.39 is 0 Å². The fraction of sp³-hybridized carbons (Fsp3) is 0.600. The number of nitro benzene ring substituents is 1. The van der Waals surface area contributed by atoms with Crippen LogP contribution in [0, 0.1) is 22.5 Å². The third kappa shape index (κ3) is 3.25. The number of hydrogen-bond donors (Lipinski definition) is 1. The Kier molecular flexibility index (Phi) is 3.78. The molecule has 1 fully saturated rings. The summed E-state index contributed by atoms with van der Waals surface area (Å²) in [7, 11) is 0. The molecule has 19 heavy (non-hydrogen) atoms. The molecule has 0 amide bonds. The minimum absolute atomic E-state index is 0.184. The molecule has 4 heteroatoms. The monoisotopic (exact) mass is 262 g/mol. The molecule has 0 spiro atoms. The number of benzene rings is 1. The molecule has 1 aromatic rings. The van der Waals surface area contributed by atoms with Crippen molar-refractivity contribution in [3.05, 3.63) is 33.9 Å². The molecule has 1 aliphatic rings. The van der Waals surface area contributed by atoms with Gasteiger partial charge in [0.15, 0.2) is 0 Å². The van der Waals surface area contributed by atoms with Crippen LogP contribution in [0.3, 0.4) is 0 Å². The molecule has 0 aromatic heterocycles. The molecule has 1 N–H and O–H groups in total. The molecule has 4 nitrogen and oxygen atoms in total. The lowest BCUT2D eigenvalue weighted by molar-refractivity contribution is -0.384. The first kappa shape index (κ1) is 13.8. The van der Waals surface area contributed by atoms with Gasteiger partial charge in [0, 0.05) is 12.1 Å². The molecule has 1 unspecified atom stereocenters. The predicted octanol–water partition coefficient (Wildman–Crippen LogP) is 4.28.